The zero-order valence-electron chi connectivity index (χ0n) is 58.3. The van der Waals surface area contributed by atoms with E-state index in [9.17, 15) is 43.2 Å². The van der Waals surface area contributed by atoms with E-state index in [4.69, 9.17) is 37.0 Å². The number of esters is 4. The molecule has 534 valence electrons. The molecule has 0 aliphatic heterocycles. The van der Waals surface area contributed by atoms with Crippen LogP contribution < -0.4 is 0 Å². The molecule has 3 N–H and O–H groups in total. The third kappa shape index (κ3) is 64.8. The van der Waals surface area contributed by atoms with Crippen molar-refractivity contribution in [2.24, 2.45) is 5.92 Å². The molecular weight excluding hydrogens is 1190 g/mol. The first-order valence-corrected chi connectivity index (χ1v) is 40.1. The Hall–Kier alpha value is -1.94. The summed E-state index contributed by atoms with van der Waals surface area (Å²) in [4.78, 5) is 72.3. The summed E-state index contributed by atoms with van der Waals surface area (Å²) < 4.78 is 68.1. The molecule has 19 heteroatoms. The molecule has 0 amide bonds. The van der Waals surface area contributed by atoms with E-state index in [0.717, 1.165) is 103 Å². The fourth-order valence-electron chi connectivity index (χ4n) is 10.8. The number of aliphatic hydroxyl groups excluding tert-OH is 1. The van der Waals surface area contributed by atoms with Crippen LogP contribution in [0.3, 0.4) is 0 Å². The highest BCUT2D eigenvalue weighted by Crippen LogP contribution is 2.45. The second-order valence-corrected chi connectivity index (χ2v) is 29.0. The fraction of sp³-hybridized carbons (Fsp3) is 0.944. The summed E-state index contributed by atoms with van der Waals surface area (Å²) in [6, 6.07) is 0. The lowest BCUT2D eigenvalue weighted by molar-refractivity contribution is -0.161. The molecule has 0 bridgehead atoms. The number of hydrogen-bond acceptors (Lipinski definition) is 15. The summed E-state index contributed by atoms with van der Waals surface area (Å²) >= 11 is 0. The van der Waals surface area contributed by atoms with Crippen molar-refractivity contribution in [3.63, 3.8) is 0 Å². The summed E-state index contributed by atoms with van der Waals surface area (Å²) in [7, 11) is -9.89. The van der Waals surface area contributed by atoms with Gasteiger partial charge in [0.15, 0.2) is 12.2 Å². The third-order valence-electron chi connectivity index (χ3n) is 16.5. The van der Waals surface area contributed by atoms with Gasteiger partial charge in [0.1, 0.15) is 19.3 Å². The molecule has 2 unspecified atom stereocenters. The molecule has 0 aliphatic carbocycles. The molecule has 0 radical (unpaired) electrons. The van der Waals surface area contributed by atoms with Crippen LogP contribution in [0.2, 0.25) is 0 Å². The SMILES string of the molecule is CCCCCCCCCCCCCCCCCCCCCCCCC(=O)O[C@H](COC(=O)CCCCCCCCCCCCC)COP(=O)(O)OC[C@@H](O)COP(=O)(O)OC[C@@H](COC(=O)CCCCCCCCC)OC(=O)CCCCCCCCCC(C)C. The first kappa shape index (κ1) is 88.1. The number of phosphoric acid groups is 2. The van der Waals surface area contributed by atoms with E-state index in [-0.39, 0.29) is 25.7 Å². The standard InChI is InChI=1S/C71H138O17P2/c1-6-9-12-15-18-20-22-23-24-25-26-27-28-29-30-31-32-34-36-41-46-51-56-70(75)87-67(61-82-69(74)55-50-45-40-35-33-21-19-16-13-10-7-2)63-86-90(79,80)84-59-65(72)58-83-89(77,78)85-62-66(60-81-68(73)54-49-44-38-17-14-11-8-3)88-71(76)57-52-47-42-37-39-43-48-53-64(4)5/h64-67,72H,6-63H2,1-5H3,(H,77,78)(H,79,80)/t65-,66+,67+/m0/s1. The van der Waals surface area contributed by atoms with Gasteiger partial charge in [0.05, 0.1) is 26.4 Å². The molecular formula is C71H138O17P2. The van der Waals surface area contributed by atoms with Crippen molar-refractivity contribution in [1.29, 1.82) is 0 Å². The molecule has 5 atom stereocenters. The molecule has 90 heavy (non-hydrogen) atoms. The summed E-state index contributed by atoms with van der Waals surface area (Å²) in [5.41, 5.74) is 0. The van der Waals surface area contributed by atoms with Gasteiger partial charge in [-0.3, -0.25) is 37.3 Å². The molecule has 0 saturated carbocycles. The molecule has 17 nitrogen and oxygen atoms in total. The van der Waals surface area contributed by atoms with Crippen molar-refractivity contribution >= 4 is 39.5 Å². The molecule has 0 saturated heterocycles. The number of hydrogen-bond donors (Lipinski definition) is 3. The van der Waals surface area contributed by atoms with Gasteiger partial charge in [-0.15, -0.1) is 0 Å². The lowest BCUT2D eigenvalue weighted by atomic mass is 10.0. The van der Waals surface area contributed by atoms with Crippen molar-refractivity contribution in [2.75, 3.05) is 39.6 Å². The van der Waals surface area contributed by atoms with Crippen molar-refractivity contribution in [1.82, 2.24) is 0 Å². The fourth-order valence-corrected chi connectivity index (χ4v) is 12.4. The molecule has 0 aromatic rings. The summed E-state index contributed by atoms with van der Waals surface area (Å²) in [6.45, 7) is 7.13. The third-order valence-corrected chi connectivity index (χ3v) is 18.4. The van der Waals surface area contributed by atoms with Gasteiger partial charge in [-0.2, -0.15) is 0 Å². The van der Waals surface area contributed by atoms with Crippen molar-refractivity contribution in [2.45, 2.75) is 387 Å². The van der Waals surface area contributed by atoms with E-state index in [1.165, 1.54) is 180 Å². The van der Waals surface area contributed by atoms with Gasteiger partial charge in [0, 0.05) is 25.7 Å². The second-order valence-electron chi connectivity index (χ2n) is 26.1. The maximum absolute atomic E-state index is 13.0. The molecule has 0 fully saturated rings. The van der Waals surface area contributed by atoms with Crippen LogP contribution in [0, 0.1) is 5.92 Å². The van der Waals surface area contributed by atoms with E-state index in [1.54, 1.807) is 0 Å². The normalized spacial score (nSPS) is 14.1. The Balaban J connectivity index is 5.10. The smallest absolute Gasteiger partial charge is 0.462 e. The van der Waals surface area contributed by atoms with Gasteiger partial charge >= 0.3 is 39.5 Å². The number of ether oxygens (including phenoxy) is 4. The highest BCUT2D eigenvalue weighted by atomic mass is 31.2. The van der Waals surface area contributed by atoms with Gasteiger partial charge in [-0.05, 0) is 31.6 Å². The topological polar surface area (TPSA) is 237 Å². The van der Waals surface area contributed by atoms with Gasteiger partial charge < -0.3 is 33.8 Å². The van der Waals surface area contributed by atoms with Crippen LogP contribution in [-0.4, -0.2) is 96.7 Å². The van der Waals surface area contributed by atoms with E-state index >= 15 is 0 Å². The van der Waals surface area contributed by atoms with E-state index in [0.29, 0.717) is 31.6 Å². The van der Waals surface area contributed by atoms with Crippen LogP contribution in [0.5, 0.6) is 0 Å². The maximum atomic E-state index is 13.0. The minimum atomic E-state index is -4.95. The summed E-state index contributed by atoms with van der Waals surface area (Å²) in [6.07, 6.45) is 51.8. The first-order chi connectivity index (χ1) is 43.5. The van der Waals surface area contributed by atoms with E-state index < -0.39 is 97.5 Å². The minimum absolute atomic E-state index is 0.103. The Bertz CT molecular complexity index is 1740. The second kappa shape index (κ2) is 64.4. The van der Waals surface area contributed by atoms with Crippen molar-refractivity contribution < 1.29 is 80.2 Å². The Morgan fingerprint density at radius 2 is 0.511 bits per heavy atom. The maximum Gasteiger partial charge on any atom is 0.472 e. The number of phosphoric ester groups is 2. The van der Waals surface area contributed by atoms with Crippen LogP contribution in [0.1, 0.15) is 369 Å². The monoisotopic (exact) mass is 1320 g/mol. The predicted molar refractivity (Wildman–Crippen MR) is 363 cm³/mol. The van der Waals surface area contributed by atoms with Crippen LogP contribution >= 0.6 is 15.6 Å². The average molecular weight is 1330 g/mol. The number of carbonyl (C=O) groups excluding carboxylic acids is 4. The largest absolute Gasteiger partial charge is 0.472 e. The Labute approximate surface area is 549 Å². The van der Waals surface area contributed by atoms with E-state index in [2.05, 4.69) is 34.6 Å². The predicted octanol–water partition coefficient (Wildman–Crippen LogP) is 20.5. The van der Waals surface area contributed by atoms with Gasteiger partial charge in [0.25, 0.3) is 0 Å². The number of unbranched alkanes of at least 4 members (excludes halogenated alkanes) is 43. The zero-order valence-corrected chi connectivity index (χ0v) is 60.1. The lowest BCUT2D eigenvalue weighted by Crippen LogP contribution is -2.30. The van der Waals surface area contributed by atoms with Crippen LogP contribution in [-0.2, 0) is 65.4 Å². The molecule has 0 heterocycles. The van der Waals surface area contributed by atoms with Gasteiger partial charge in [-0.25, -0.2) is 9.13 Å². The lowest BCUT2D eigenvalue weighted by Gasteiger charge is -2.21. The quantitative estimate of drug-likeness (QED) is 0.0222. The van der Waals surface area contributed by atoms with Crippen LogP contribution in [0.25, 0.3) is 0 Å². The van der Waals surface area contributed by atoms with Gasteiger partial charge in [0.2, 0.25) is 0 Å². The first-order valence-electron chi connectivity index (χ1n) is 37.1. The average Bonchev–Trinajstić information content (AvgIpc) is 3.72. The number of rotatable bonds is 71. The van der Waals surface area contributed by atoms with Crippen molar-refractivity contribution in [3.8, 4) is 0 Å². The summed E-state index contributed by atoms with van der Waals surface area (Å²) in [5.74, 6) is -1.43. The minimum Gasteiger partial charge on any atom is -0.462 e. The highest BCUT2D eigenvalue weighted by Gasteiger charge is 2.30. The van der Waals surface area contributed by atoms with Crippen LogP contribution in [0.4, 0.5) is 0 Å². The van der Waals surface area contributed by atoms with Crippen LogP contribution in [0.15, 0.2) is 0 Å². The molecule has 0 rings (SSSR count). The van der Waals surface area contributed by atoms with Gasteiger partial charge in [-0.1, -0.05) is 317 Å². The van der Waals surface area contributed by atoms with Crippen molar-refractivity contribution in [3.05, 3.63) is 0 Å². The molecule has 0 aromatic heterocycles. The Morgan fingerprint density at radius 3 is 0.756 bits per heavy atom. The van der Waals surface area contributed by atoms with E-state index in [1.807, 2.05) is 0 Å². The zero-order chi connectivity index (χ0) is 66.3. The Morgan fingerprint density at radius 1 is 0.300 bits per heavy atom. The number of carbonyl (C=O) groups is 4. The molecule has 0 aliphatic rings. The number of aliphatic hydroxyl groups is 1. The molecule has 0 aromatic carbocycles. The molecule has 0 spiro atoms. The Kier molecular flexibility index (Phi) is 63.0. The summed E-state index contributed by atoms with van der Waals surface area (Å²) in [5, 5.41) is 10.6. The highest BCUT2D eigenvalue weighted by molar-refractivity contribution is 7.47.